The number of carbonyl (C=O) groups is 2. The maximum Gasteiger partial charge on any atom is 0.216 e. The third-order valence-electron chi connectivity index (χ3n) is 2.90. The van der Waals surface area contributed by atoms with Gasteiger partial charge in [0.2, 0.25) is 5.91 Å². The standard InChI is InChI=1S/C14H27NO2/c1-3-14(17)11-9-7-5-4-6-8-10-12-15-13(2)16/h3-12H2,1-2H3,(H,15,16). The minimum Gasteiger partial charge on any atom is -0.356 e. The second kappa shape index (κ2) is 11.6. The van der Waals surface area contributed by atoms with Gasteiger partial charge in [0.25, 0.3) is 0 Å². The van der Waals surface area contributed by atoms with Crippen LogP contribution in [0.3, 0.4) is 0 Å². The summed E-state index contributed by atoms with van der Waals surface area (Å²) in [5.41, 5.74) is 0. The summed E-state index contributed by atoms with van der Waals surface area (Å²) in [6.07, 6.45) is 9.67. The van der Waals surface area contributed by atoms with Crippen molar-refractivity contribution in [2.45, 2.75) is 71.6 Å². The number of ketones is 1. The van der Waals surface area contributed by atoms with E-state index in [9.17, 15) is 9.59 Å². The van der Waals surface area contributed by atoms with E-state index >= 15 is 0 Å². The van der Waals surface area contributed by atoms with Crippen LogP contribution in [0.25, 0.3) is 0 Å². The zero-order chi connectivity index (χ0) is 12.9. The fourth-order valence-corrected chi connectivity index (χ4v) is 1.77. The van der Waals surface area contributed by atoms with Gasteiger partial charge >= 0.3 is 0 Å². The molecule has 0 saturated heterocycles. The molecule has 0 aromatic heterocycles. The molecule has 0 saturated carbocycles. The van der Waals surface area contributed by atoms with E-state index in [4.69, 9.17) is 0 Å². The van der Waals surface area contributed by atoms with E-state index in [2.05, 4.69) is 5.32 Å². The fourth-order valence-electron chi connectivity index (χ4n) is 1.77. The van der Waals surface area contributed by atoms with Gasteiger partial charge in [-0.15, -0.1) is 0 Å². The van der Waals surface area contributed by atoms with Crippen LogP contribution < -0.4 is 5.32 Å². The van der Waals surface area contributed by atoms with Crippen LogP contribution >= 0.6 is 0 Å². The van der Waals surface area contributed by atoms with Gasteiger partial charge in [-0.05, 0) is 12.8 Å². The maximum absolute atomic E-state index is 11.0. The summed E-state index contributed by atoms with van der Waals surface area (Å²) in [6.45, 7) is 4.29. The molecular formula is C14H27NO2. The van der Waals surface area contributed by atoms with E-state index in [1.807, 2.05) is 6.92 Å². The molecule has 0 bridgehead atoms. The Bertz CT molecular complexity index is 214. The lowest BCUT2D eigenvalue weighted by Gasteiger charge is -2.02. The smallest absolute Gasteiger partial charge is 0.216 e. The van der Waals surface area contributed by atoms with Gasteiger partial charge in [-0.25, -0.2) is 0 Å². The van der Waals surface area contributed by atoms with Crippen molar-refractivity contribution in [2.24, 2.45) is 0 Å². The number of hydrogen-bond acceptors (Lipinski definition) is 2. The molecule has 0 spiro atoms. The molecule has 1 N–H and O–H groups in total. The zero-order valence-electron chi connectivity index (χ0n) is 11.4. The molecular weight excluding hydrogens is 214 g/mol. The molecule has 0 radical (unpaired) electrons. The van der Waals surface area contributed by atoms with Crippen LogP contribution in [-0.4, -0.2) is 18.2 Å². The molecule has 3 heteroatoms. The monoisotopic (exact) mass is 241 g/mol. The Morgan fingerprint density at radius 1 is 0.882 bits per heavy atom. The lowest BCUT2D eigenvalue weighted by molar-refractivity contribution is -0.119. The third-order valence-corrected chi connectivity index (χ3v) is 2.90. The molecule has 0 rings (SSSR count). The number of Topliss-reactive ketones (excluding diaryl/α,β-unsaturated/α-hetero) is 1. The summed E-state index contributed by atoms with van der Waals surface area (Å²) < 4.78 is 0. The van der Waals surface area contributed by atoms with Gasteiger partial charge in [0.1, 0.15) is 5.78 Å². The minimum atomic E-state index is 0.0607. The molecule has 0 aliphatic rings. The Morgan fingerprint density at radius 3 is 1.94 bits per heavy atom. The van der Waals surface area contributed by atoms with Gasteiger partial charge < -0.3 is 5.32 Å². The van der Waals surface area contributed by atoms with E-state index in [0.29, 0.717) is 12.2 Å². The highest BCUT2D eigenvalue weighted by molar-refractivity contribution is 5.77. The van der Waals surface area contributed by atoms with Gasteiger partial charge in [-0.1, -0.05) is 39.0 Å². The average Bonchev–Trinajstić information content (AvgIpc) is 2.30. The second-order valence-electron chi connectivity index (χ2n) is 4.60. The molecule has 0 unspecified atom stereocenters. The largest absolute Gasteiger partial charge is 0.356 e. The SMILES string of the molecule is CCC(=O)CCCCCCCCCNC(C)=O. The Balaban J connectivity index is 3.03. The van der Waals surface area contributed by atoms with Crippen LogP contribution in [0.5, 0.6) is 0 Å². The van der Waals surface area contributed by atoms with Crippen molar-refractivity contribution >= 4 is 11.7 Å². The van der Waals surface area contributed by atoms with Crippen LogP contribution in [0.2, 0.25) is 0 Å². The van der Waals surface area contributed by atoms with E-state index < -0.39 is 0 Å². The van der Waals surface area contributed by atoms with E-state index in [-0.39, 0.29) is 5.91 Å². The van der Waals surface area contributed by atoms with Gasteiger partial charge in [0, 0.05) is 26.3 Å². The summed E-state index contributed by atoms with van der Waals surface area (Å²) in [5, 5.41) is 2.80. The van der Waals surface area contributed by atoms with Crippen molar-refractivity contribution in [3.8, 4) is 0 Å². The Labute approximate surface area is 105 Å². The number of nitrogens with one attached hydrogen (secondary N) is 1. The van der Waals surface area contributed by atoms with Crippen LogP contribution in [0.1, 0.15) is 71.6 Å². The quantitative estimate of drug-likeness (QED) is 0.564. The van der Waals surface area contributed by atoms with E-state index in [0.717, 1.165) is 25.8 Å². The van der Waals surface area contributed by atoms with Crippen LogP contribution in [-0.2, 0) is 9.59 Å². The summed E-state index contributed by atoms with van der Waals surface area (Å²) in [5.74, 6) is 0.450. The highest BCUT2D eigenvalue weighted by atomic mass is 16.1. The maximum atomic E-state index is 11.0. The molecule has 0 aromatic carbocycles. The molecule has 17 heavy (non-hydrogen) atoms. The summed E-state index contributed by atoms with van der Waals surface area (Å²) >= 11 is 0. The molecule has 0 aliphatic heterocycles. The number of amides is 1. The van der Waals surface area contributed by atoms with Crippen molar-refractivity contribution in [3.05, 3.63) is 0 Å². The highest BCUT2D eigenvalue weighted by Crippen LogP contribution is 2.09. The predicted octanol–water partition coefficient (Wildman–Crippen LogP) is 3.22. The molecule has 0 atom stereocenters. The first-order chi connectivity index (χ1) is 8.16. The number of hydrogen-bond donors (Lipinski definition) is 1. The van der Waals surface area contributed by atoms with Gasteiger partial charge in [0.05, 0.1) is 0 Å². The van der Waals surface area contributed by atoms with Crippen molar-refractivity contribution in [1.29, 1.82) is 0 Å². The summed E-state index contributed by atoms with van der Waals surface area (Å²) in [6, 6.07) is 0. The van der Waals surface area contributed by atoms with Gasteiger partial charge in [0.15, 0.2) is 0 Å². The topological polar surface area (TPSA) is 46.2 Å². The van der Waals surface area contributed by atoms with Crippen molar-refractivity contribution in [1.82, 2.24) is 5.32 Å². The predicted molar refractivity (Wildman–Crippen MR) is 70.9 cm³/mol. The molecule has 3 nitrogen and oxygen atoms in total. The highest BCUT2D eigenvalue weighted by Gasteiger charge is 1.97. The number of unbranched alkanes of at least 4 members (excludes halogenated alkanes) is 6. The van der Waals surface area contributed by atoms with Crippen molar-refractivity contribution in [3.63, 3.8) is 0 Å². The van der Waals surface area contributed by atoms with Crippen molar-refractivity contribution in [2.75, 3.05) is 6.54 Å². The molecule has 0 aromatic rings. The zero-order valence-corrected chi connectivity index (χ0v) is 11.4. The second-order valence-corrected chi connectivity index (χ2v) is 4.60. The normalized spacial score (nSPS) is 10.2. The lowest BCUT2D eigenvalue weighted by atomic mass is 10.1. The first kappa shape index (κ1) is 16.1. The number of carbonyl (C=O) groups excluding carboxylic acids is 2. The average molecular weight is 241 g/mol. The van der Waals surface area contributed by atoms with Gasteiger partial charge in [-0.3, -0.25) is 9.59 Å². The Hall–Kier alpha value is -0.860. The molecule has 100 valence electrons. The fraction of sp³-hybridized carbons (Fsp3) is 0.857. The minimum absolute atomic E-state index is 0.0607. The Morgan fingerprint density at radius 2 is 1.41 bits per heavy atom. The van der Waals surface area contributed by atoms with Crippen LogP contribution in [0.4, 0.5) is 0 Å². The summed E-state index contributed by atoms with van der Waals surface area (Å²) in [4.78, 5) is 21.6. The summed E-state index contributed by atoms with van der Waals surface area (Å²) in [7, 11) is 0. The molecule has 1 amide bonds. The molecule has 0 fully saturated rings. The van der Waals surface area contributed by atoms with E-state index in [1.165, 1.54) is 32.1 Å². The molecule has 0 aliphatic carbocycles. The third kappa shape index (κ3) is 13.1. The number of rotatable bonds is 11. The van der Waals surface area contributed by atoms with E-state index in [1.54, 1.807) is 6.92 Å². The first-order valence-electron chi connectivity index (χ1n) is 6.93. The van der Waals surface area contributed by atoms with Gasteiger partial charge in [-0.2, -0.15) is 0 Å². The van der Waals surface area contributed by atoms with Crippen LogP contribution in [0, 0.1) is 0 Å². The van der Waals surface area contributed by atoms with Crippen LogP contribution in [0.15, 0.2) is 0 Å². The Kier molecular flexibility index (Phi) is 11.0. The molecule has 0 heterocycles. The lowest BCUT2D eigenvalue weighted by Crippen LogP contribution is -2.20. The van der Waals surface area contributed by atoms with Crippen molar-refractivity contribution < 1.29 is 9.59 Å². The first-order valence-corrected chi connectivity index (χ1v) is 6.93.